The van der Waals surface area contributed by atoms with Crippen LogP contribution in [0.15, 0.2) is 4.52 Å². The van der Waals surface area contributed by atoms with E-state index in [1.54, 1.807) is 4.90 Å². The second-order valence-electron chi connectivity index (χ2n) is 7.63. The van der Waals surface area contributed by atoms with Gasteiger partial charge in [0.05, 0.1) is 0 Å². The summed E-state index contributed by atoms with van der Waals surface area (Å²) >= 11 is 0. The van der Waals surface area contributed by atoms with Crippen LogP contribution < -0.4 is 5.73 Å². The summed E-state index contributed by atoms with van der Waals surface area (Å²) in [5.41, 5.74) is 5.89. The van der Waals surface area contributed by atoms with Crippen LogP contribution in [0, 0.1) is 5.92 Å². The largest absolute Gasteiger partial charge is 0.346 e. The van der Waals surface area contributed by atoms with Crippen molar-refractivity contribution in [3.63, 3.8) is 0 Å². The third-order valence-electron chi connectivity index (χ3n) is 4.00. The van der Waals surface area contributed by atoms with E-state index < -0.39 is 0 Å². The third kappa shape index (κ3) is 6.69. The van der Waals surface area contributed by atoms with Crippen LogP contribution in [0.2, 0.25) is 0 Å². The second-order valence-corrected chi connectivity index (χ2v) is 7.63. The normalized spacial score (nSPS) is 13.4. The van der Waals surface area contributed by atoms with Crippen molar-refractivity contribution in [2.75, 3.05) is 13.6 Å². The van der Waals surface area contributed by atoms with E-state index in [9.17, 15) is 4.79 Å². The van der Waals surface area contributed by atoms with Gasteiger partial charge in [0, 0.05) is 37.9 Å². The zero-order chi connectivity index (χ0) is 17.6. The van der Waals surface area contributed by atoms with Crippen LogP contribution in [0.4, 0.5) is 0 Å². The van der Waals surface area contributed by atoms with E-state index in [2.05, 4.69) is 24.0 Å². The van der Waals surface area contributed by atoms with E-state index in [1.807, 2.05) is 27.8 Å². The van der Waals surface area contributed by atoms with Gasteiger partial charge >= 0.3 is 0 Å². The number of carbonyl (C=O) groups is 1. The Morgan fingerprint density at radius 2 is 2.00 bits per heavy atom. The summed E-state index contributed by atoms with van der Waals surface area (Å²) in [6.45, 7) is 11.0. The molecule has 0 aromatic carbocycles. The summed E-state index contributed by atoms with van der Waals surface area (Å²) in [4.78, 5) is 18.2. The highest BCUT2D eigenvalue weighted by atomic mass is 16.5. The minimum absolute atomic E-state index is 0.118. The first kappa shape index (κ1) is 19.6. The number of carbonyl (C=O) groups excluding carboxylic acids is 1. The van der Waals surface area contributed by atoms with Crippen molar-refractivity contribution in [1.29, 1.82) is 0 Å². The predicted octanol–water partition coefficient (Wildman–Crippen LogP) is 2.52. The summed E-state index contributed by atoms with van der Waals surface area (Å²) in [7, 11) is 1.83. The lowest BCUT2D eigenvalue weighted by Gasteiger charge is -2.21. The molecule has 0 saturated carbocycles. The van der Waals surface area contributed by atoms with Gasteiger partial charge in [-0.05, 0) is 18.8 Å². The molecular weight excluding hydrogens is 292 g/mol. The van der Waals surface area contributed by atoms with E-state index in [1.165, 1.54) is 0 Å². The molecular formula is C17H32N4O2. The molecule has 6 nitrogen and oxygen atoms in total. The molecule has 23 heavy (non-hydrogen) atoms. The summed E-state index contributed by atoms with van der Waals surface area (Å²) in [6.07, 6.45) is 2.67. The molecule has 0 bridgehead atoms. The van der Waals surface area contributed by atoms with Crippen molar-refractivity contribution < 1.29 is 9.32 Å². The summed E-state index contributed by atoms with van der Waals surface area (Å²) in [5, 5.41) is 3.99. The first-order chi connectivity index (χ1) is 10.6. The van der Waals surface area contributed by atoms with Crippen molar-refractivity contribution in [3.8, 4) is 0 Å². The maximum absolute atomic E-state index is 12.1. The fraction of sp³-hybridized carbons (Fsp3) is 0.824. The monoisotopic (exact) mass is 324 g/mol. The van der Waals surface area contributed by atoms with Gasteiger partial charge in [-0.25, -0.2) is 0 Å². The smallest absolute Gasteiger partial charge is 0.226 e. The predicted molar refractivity (Wildman–Crippen MR) is 91.0 cm³/mol. The molecule has 0 fully saturated rings. The minimum Gasteiger partial charge on any atom is -0.346 e. The number of rotatable bonds is 8. The van der Waals surface area contributed by atoms with Crippen molar-refractivity contribution in [3.05, 3.63) is 11.7 Å². The lowest BCUT2D eigenvalue weighted by atomic mass is 9.96. The van der Waals surface area contributed by atoms with E-state index in [4.69, 9.17) is 10.3 Å². The molecule has 2 N–H and O–H groups in total. The van der Waals surface area contributed by atoms with Crippen LogP contribution in [0.5, 0.6) is 0 Å². The van der Waals surface area contributed by atoms with Crippen molar-refractivity contribution in [2.24, 2.45) is 11.7 Å². The molecule has 0 aliphatic heterocycles. The zero-order valence-corrected chi connectivity index (χ0v) is 15.4. The van der Waals surface area contributed by atoms with Crippen molar-refractivity contribution in [2.45, 2.75) is 71.8 Å². The van der Waals surface area contributed by atoms with Gasteiger partial charge in [-0.15, -0.1) is 0 Å². The van der Waals surface area contributed by atoms with Gasteiger partial charge in [0.15, 0.2) is 5.82 Å². The molecule has 1 atom stereocenters. The number of nitrogens with zero attached hydrogens (tertiary/aromatic N) is 3. The Hall–Kier alpha value is -1.43. The Labute approximate surface area is 139 Å². The van der Waals surface area contributed by atoms with Crippen molar-refractivity contribution in [1.82, 2.24) is 15.0 Å². The fourth-order valence-electron chi connectivity index (χ4n) is 2.04. The summed E-state index contributed by atoms with van der Waals surface area (Å²) < 4.78 is 5.24. The molecule has 0 aliphatic carbocycles. The SMILES string of the molecule is CC(C)C(N)CCN(C)C(=O)CCCc1nc(C(C)(C)C)no1. The molecule has 1 unspecified atom stereocenters. The topological polar surface area (TPSA) is 85.2 Å². The third-order valence-corrected chi connectivity index (χ3v) is 4.00. The van der Waals surface area contributed by atoms with Crippen LogP contribution >= 0.6 is 0 Å². The number of nitrogens with two attached hydrogens (primary N) is 1. The first-order valence-electron chi connectivity index (χ1n) is 8.44. The molecule has 0 radical (unpaired) electrons. The van der Waals surface area contributed by atoms with Gasteiger partial charge in [0.25, 0.3) is 0 Å². The Morgan fingerprint density at radius 1 is 1.35 bits per heavy atom. The van der Waals surface area contributed by atoms with Crippen LogP contribution in [-0.4, -0.2) is 40.6 Å². The average molecular weight is 324 g/mol. The van der Waals surface area contributed by atoms with Gasteiger partial charge in [0.1, 0.15) is 0 Å². The van der Waals surface area contributed by atoms with E-state index >= 15 is 0 Å². The molecule has 1 aromatic rings. The Morgan fingerprint density at radius 3 is 2.52 bits per heavy atom. The molecule has 132 valence electrons. The standard InChI is InChI=1S/C17H32N4O2/c1-12(2)13(18)10-11-21(6)15(22)9-7-8-14-19-16(20-23-14)17(3,4)5/h12-13H,7-11,18H2,1-6H3. The maximum Gasteiger partial charge on any atom is 0.226 e. The number of aryl methyl sites for hydroxylation is 1. The summed E-state index contributed by atoms with van der Waals surface area (Å²) in [5.74, 6) is 1.88. The van der Waals surface area contributed by atoms with Gasteiger partial charge < -0.3 is 15.2 Å². The molecule has 1 amide bonds. The zero-order valence-electron chi connectivity index (χ0n) is 15.4. The van der Waals surface area contributed by atoms with Crippen LogP contribution in [0.3, 0.4) is 0 Å². The van der Waals surface area contributed by atoms with Crippen molar-refractivity contribution >= 4 is 5.91 Å². The molecule has 0 aliphatic rings. The lowest BCUT2D eigenvalue weighted by Crippen LogP contribution is -2.34. The van der Waals surface area contributed by atoms with Crippen LogP contribution in [-0.2, 0) is 16.6 Å². The quantitative estimate of drug-likeness (QED) is 0.794. The number of aromatic nitrogens is 2. The van der Waals surface area contributed by atoms with Crippen LogP contribution in [0.1, 0.15) is 65.6 Å². The maximum atomic E-state index is 12.1. The average Bonchev–Trinajstić information content (AvgIpc) is 2.92. The number of amides is 1. The Kier molecular flexibility index (Phi) is 7.19. The molecule has 0 spiro atoms. The molecule has 1 aromatic heterocycles. The van der Waals surface area contributed by atoms with Gasteiger partial charge in [0.2, 0.25) is 11.8 Å². The highest BCUT2D eigenvalue weighted by Gasteiger charge is 2.21. The second kappa shape index (κ2) is 8.43. The van der Waals surface area contributed by atoms with E-state index in [-0.39, 0.29) is 17.4 Å². The first-order valence-corrected chi connectivity index (χ1v) is 8.44. The highest BCUT2D eigenvalue weighted by molar-refractivity contribution is 5.75. The Balaban J connectivity index is 2.32. The van der Waals surface area contributed by atoms with Gasteiger partial charge in [-0.1, -0.05) is 39.8 Å². The minimum atomic E-state index is -0.118. The lowest BCUT2D eigenvalue weighted by molar-refractivity contribution is -0.130. The highest BCUT2D eigenvalue weighted by Crippen LogP contribution is 2.19. The fourth-order valence-corrected chi connectivity index (χ4v) is 2.04. The van der Waals surface area contributed by atoms with Gasteiger partial charge in [-0.3, -0.25) is 4.79 Å². The number of hydrogen-bond acceptors (Lipinski definition) is 5. The van der Waals surface area contributed by atoms with Crippen LogP contribution in [0.25, 0.3) is 0 Å². The molecule has 1 heterocycles. The number of hydrogen-bond donors (Lipinski definition) is 1. The van der Waals surface area contributed by atoms with E-state index in [0.717, 1.165) is 6.42 Å². The molecule has 0 saturated heterocycles. The molecule has 6 heteroatoms. The summed E-state index contributed by atoms with van der Waals surface area (Å²) in [6, 6.07) is 0.138. The van der Waals surface area contributed by atoms with E-state index in [0.29, 0.717) is 43.4 Å². The van der Waals surface area contributed by atoms with Gasteiger partial charge in [-0.2, -0.15) is 4.98 Å². The Bertz CT molecular complexity index is 491. The molecule has 1 rings (SSSR count).